The average molecular weight is 224 g/mol. The number of hydrogen-bond acceptors (Lipinski definition) is 2. The van der Waals surface area contributed by atoms with Crippen molar-refractivity contribution in [1.29, 1.82) is 0 Å². The van der Waals surface area contributed by atoms with Gasteiger partial charge in [-0.15, -0.1) is 0 Å². The van der Waals surface area contributed by atoms with E-state index in [0.717, 1.165) is 12.5 Å². The zero-order valence-corrected chi connectivity index (χ0v) is 11.0. The molecule has 0 aromatic carbocycles. The molecule has 1 heterocycles. The SMILES string of the molecule is CC1(C)CC(NCCC2CCCCC2)CN1. The highest BCUT2D eigenvalue weighted by atomic mass is 15.1. The summed E-state index contributed by atoms with van der Waals surface area (Å²) < 4.78 is 0. The Hall–Kier alpha value is -0.0800. The molecule has 1 saturated carbocycles. The van der Waals surface area contributed by atoms with E-state index in [1.807, 2.05) is 0 Å². The summed E-state index contributed by atoms with van der Waals surface area (Å²) in [5.41, 5.74) is 0.350. The van der Waals surface area contributed by atoms with Crippen LogP contribution < -0.4 is 10.6 Å². The maximum atomic E-state index is 3.72. The van der Waals surface area contributed by atoms with Gasteiger partial charge < -0.3 is 10.6 Å². The first-order chi connectivity index (χ1) is 7.66. The maximum absolute atomic E-state index is 3.72. The van der Waals surface area contributed by atoms with Gasteiger partial charge >= 0.3 is 0 Å². The van der Waals surface area contributed by atoms with Crippen molar-refractivity contribution < 1.29 is 0 Å². The molecule has 1 aliphatic carbocycles. The third-order valence-corrected chi connectivity index (χ3v) is 4.29. The second-order valence-electron chi connectivity index (χ2n) is 6.41. The van der Waals surface area contributed by atoms with Gasteiger partial charge in [0.05, 0.1) is 0 Å². The van der Waals surface area contributed by atoms with E-state index in [2.05, 4.69) is 24.5 Å². The average Bonchev–Trinajstić information content (AvgIpc) is 2.60. The van der Waals surface area contributed by atoms with Crippen molar-refractivity contribution in [3.63, 3.8) is 0 Å². The van der Waals surface area contributed by atoms with Gasteiger partial charge in [-0.25, -0.2) is 0 Å². The van der Waals surface area contributed by atoms with E-state index in [1.165, 1.54) is 51.5 Å². The van der Waals surface area contributed by atoms with Crippen molar-refractivity contribution in [2.75, 3.05) is 13.1 Å². The molecule has 1 saturated heterocycles. The monoisotopic (exact) mass is 224 g/mol. The standard InChI is InChI=1S/C14H28N2/c1-14(2)10-13(11-16-14)15-9-8-12-6-4-3-5-7-12/h12-13,15-16H,3-11H2,1-2H3. The van der Waals surface area contributed by atoms with Crippen molar-refractivity contribution in [3.8, 4) is 0 Å². The summed E-state index contributed by atoms with van der Waals surface area (Å²) in [5.74, 6) is 1.02. The lowest BCUT2D eigenvalue weighted by Gasteiger charge is -2.22. The zero-order valence-electron chi connectivity index (χ0n) is 11.0. The molecule has 1 atom stereocenters. The quantitative estimate of drug-likeness (QED) is 0.767. The highest BCUT2D eigenvalue weighted by molar-refractivity contribution is 4.93. The smallest absolute Gasteiger partial charge is 0.0210 e. The predicted octanol–water partition coefficient (Wildman–Crippen LogP) is 2.69. The molecule has 2 aliphatic rings. The second-order valence-corrected chi connectivity index (χ2v) is 6.41. The van der Waals surface area contributed by atoms with Crippen molar-refractivity contribution >= 4 is 0 Å². The van der Waals surface area contributed by atoms with Gasteiger partial charge in [0.15, 0.2) is 0 Å². The normalized spacial score (nSPS) is 30.8. The first-order valence-corrected chi connectivity index (χ1v) is 7.14. The van der Waals surface area contributed by atoms with Crippen LogP contribution in [0.5, 0.6) is 0 Å². The summed E-state index contributed by atoms with van der Waals surface area (Å²) in [6.45, 7) is 6.98. The lowest BCUT2D eigenvalue weighted by atomic mass is 9.87. The van der Waals surface area contributed by atoms with Crippen LogP contribution in [0.15, 0.2) is 0 Å². The van der Waals surface area contributed by atoms with E-state index in [-0.39, 0.29) is 0 Å². The lowest BCUT2D eigenvalue weighted by Crippen LogP contribution is -2.32. The molecule has 0 bridgehead atoms. The third kappa shape index (κ3) is 3.74. The Morgan fingerprint density at radius 3 is 2.56 bits per heavy atom. The fourth-order valence-corrected chi connectivity index (χ4v) is 3.27. The first kappa shape index (κ1) is 12.4. The van der Waals surface area contributed by atoms with Gasteiger partial charge in [-0.3, -0.25) is 0 Å². The Kier molecular flexibility index (Phi) is 4.26. The fourth-order valence-electron chi connectivity index (χ4n) is 3.27. The summed E-state index contributed by atoms with van der Waals surface area (Å²) >= 11 is 0. The molecule has 94 valence electrons. The molecule has 2 fully saturated rings. The van der Waals surface area contributed by atoms with Crippen LogP contribution in [0.3, 0.4) is 0 Å². The summed E-state index contributed by atoms with van der Waals surface area (Å²) in [6.07, 6.45) is 10.1. The van der Waals surface area contributed by atoms with E-state index < -0.39 is 0 Å². The van der Waals surface area contributed by atoms with Gasteiger partial charge in [0.25, 0.3) is 0 Å². The molecule has 1 aliphatic heterocycles. The molecule has 0 aromatic rings. The second kappa shape index (κ2) is 5.50. The molecule has 2 rings (SSSR count). The van der Waals surface area contributed by atoms with E-state index in [9.17, 15) is 0 Å². The minimum atomic E-state index is 0.350. The van der Waals surface area contributed by atoms with Crippen molar-refractivity contribution in [3.05, 3.63) is 0 Å². The van der Waals surface area contributed by atoms with Crippen molar-refractivity contribution in [2.45, 2.75) is 70.4 Å². The topological polar surface area (TPSA) is 24.1 Å². The molecule has 0 aromatic heterocycles. The molecular formula is C14H28N2. The Labute approximate surface area is 101 Å². The maximum Gasteiger partial charge on any atom is 0.0210 e. The van der Waals surface area contributed by atoms with Crippen LogP contribution in [0.25, 0.3) is 0 Å². The molecule has 2 heteroatoms. The first-order valence-electron chi connectivity index (χ1n) is 7.14. The van der Waals surface area contributed by atoms with E-state index in [0.29, 0.717) is 11.6 Å². The zero-order chi connectivity index (χ0) is 11.4. The van der Waals surface area contributed by atoms with Crippen LogP contribution in [-0.2, 0) is 0 Å². The van der Waals surface area contributed by atoms with E-state index >= 15 is 0 Å². The summed E-state index contributed by atoms with van der Waals surface area (Å²) in [5, 5.41) is 7.29. The predicted molar refractivity (Wildman–Crippen MR) is 69.7 cm³/mol. The summed E-state index contributed by atoms with van der Waals surface area (Å²) in [4.78, 5) is 0. The molecular weight excluding hydrogens is 196 g/mol. The Morgan fingerprint density at radius 2 is 1.94 bits per heavy atom. The lowest BCUT2D eigenvalue weighted by molar-refractivity contribution is 0.327. The highest BCUT2D eigenvalue weighted by Gasteiger charge is 2.29. The van der Waals surface area contributed by atoms with Crippen LogP contribution in [0.2, 0.25) is 0 Å². The van der Waals surface area contributed by atoms with Gasteiger partial charge in [-0.1, -0.05) is 32.1 Å². The van der Waals surface area contributed by atoms with Crippen molar-refractivity contribution in [1.82, 2.24) is 10.6 Å². The number of hydrogen-bond donors (Lipinski definition) is 2. The Bertz CT molecular complexity index is 207. The Balaban J connectivity index is 1.58. The Morgan fingerprint density at radius 1 is 1.19 bits per heavy atom. The van der Waals surface area contributed by atoms with Gasteiger partial charge in [-0.05, 0) is 39.2 Å². The molecule has 1 unspecified atom stereocenters. The minimum Gasteiger partial charge on any atom is -0.313 e. The van der Waals surface area contributed by atoms with Crippen LogP contribution in [-0.4, -0.2) is 24.7 Å². The molecule has 16 heavy (non-hydrogen) atoms. The molecule has 2 N–H and O–H groups in total. The van der Waals surface area contributed by atoms with Crippen molar-refractivity contribution in [2.24, 2.45) is 5.92 Å². The van der Waals surface area contributed by atoms with E-state index in [4.69, 9.17) is 0 Å². The number of rotatable bonds is 4. The van der Waals surface area contributed by atoms with Gasteiger partial charge in [0.2, 0.25) is 0 Å². The summed E-state index contributed by atoms with van der Waals surface area (Å²) in [6, 6.07) is 0.707. The van der Waals surface area contributed by atoms with E-state index in [1.54, 1.807) is 0 Å². The summed E-state index contributed by atoms with van der Waals surface area (Å²) in [7, 11) is 0. The minimum absolute atomic E-state index is 0.350. The van der Waals surface area contributed by atoms with Crippen LogP contribution in [0.1, 0.15) is 58.8 Å². The molecule has 2 nitrogen and oxygen atoms in total. The van der Waals surface area contributed by atoms with Crippen LogP contribution in [0, 0.1) is 5.92 Å². The number of nitrogens with one attached hydrogen (secondary N) is 2. The van der Waals surface area contributed by atoms with Gasteiger partial charge in [0, 0.05) is 18.1 Å². The third-order valence-electron chi connectivity index (χ3n) is 4.29. The van der Waals surface area contributed by atoms with Gasteiger partial charge in [0.1, 0.15) is 0 Å². The molecule has 0 spiro atoms. The molecule has 0 radical (unpaired) electrons. The fraction of sp³-hybridized carbons (Fsp3) is 1.00. The largest absolute Gasteiger partial charge is 0.313 e. The van der Waals surface area contributed by atoms with Crippen LogP contribution in [0.4, 0.5) is 0 Å². The molecule has 0 amide bonds. The highest BCUT2D eigenvalue weighted by Crippen LogP contribution is 2.26. The van der Waals surface area contributed by atoms with Gasteiger partial charge in [-0.2, -0.15) is 0 Å². The van der Waals surface area contributed by atoms with Crippen LogP contribution >= 0.6 is 0 Å².